The Balaban J connectivity index is 1.39. The topological polar surface area (TPSA) is 82.4 Å². The summed E-state index contributed by atoms with van der Waals surface area (Å²) in [5, 5.41) is 14.6. The zero-order valence-electron chi connectivity index (χ0n) is 17.5. The lowest BCUT2D eigenvalue weighted by molar-refractivity contribution is -0.119. The molecule has 0 fully saturated rings. The molecule has 1 amide bonds. The van der Waals surface area contributed by atoms with Gasteiger partial charge in [-0.3, -0.25) is 4.79 Å². The molecule has 0 aliphatic carbocycles. The van der Waals surface area contributed by atoms with Gasteiger partial charge in [-0.05, 0) is 35.7 Å². The van der Waals surface area contributed by atoms with Crippen molar-refractivity contribution in [1.29, 1.82) is 0 Å². The van der Waals surface area contributed by atoms with Gasteiger partial charge in [0.1, 0.15) is 19.8 Å². The summed E-state index contributed by atoms with van der Waals surface area (Å²) >= 11 is 1.60. The van der Waals surface area contributed by atoms with Crippen molar-refractivity contribution in [1.82, 2.24) is 20.2 Å². The zero-order valence-corrected chi connectivity index (χ0v) is 18.3. The number of benzene rings is 2. The number of tetrazole rings is 1. The fourth-order valence-corrected chi connectivity index (χ4v) is 4.11. The average molecular weight is 448 g/mol. The maximum absolute atomic E-state index is 13.3. The number of anilines is 1. The Hall–Kier alpha value is -3.72. The Morgan fingerprint density at radius 3 is 2.69 bits per heavy atom. The normalized spacial score (nSPS) is 12.5. The molecule has 1 aliphatic rings. The number of rotatable bonds is 6. The number of aromatic nitrogens is 4. The quantitative estimate of drug-likeness (QED) is 0.448. The molecule has 2 aromatic carbocycles. The molecule has 0 spiro atoms. The molecular weight excluding hydrogens is 426 g/mol. The molecule has 8 nitrogen and oxygen atoms in total. The van der Waals surface area contributed by atoms with E-state index in [9.17, 15) is 4.79 Å². The number of amides is 1. The largest absolute Gasteiger partial charge is 0.486 e. The van der Waals surface area contributed by atoms with Crippen LogP contribution in [0.15, 0.2) is 60.0 Å². The van der Waals surface area contributed by atoms with Gasteiger partial charge in [-0.1, -0.05) is 35.9 Å². The summed E-state index contributed by atoms with van der Waals surface area (Å²) in [4.78, 5) is 17.4. The Morgan fingerprint density at radius 2 is 1.91 bits per heavy atom. The van der Waals surface area contributed by atoms with Crippen LogP contribution in [0.25, 0.3) is 11.4 Å². The zero-order chi connectivity index (χ0) is 21.9. The molecule has 0 saturated carbocycles. The number of ether oxygens (including phenoxy) is 2. The summed E-state index contributed by atoms with van der Waals surface area (Å²) in [6, 6.07) is 17.4. The molecule has 0 saturated heterocycles. The predicted octanol–water partition coefficient (Wildman–Crippen LogP) is 3.71. The summed E-state index contributed by atoms with van der Waals surface area (Å²) in [6.07, 6.45) is 0. The molecule has 0 atom stereocenters. The number of aryl methyl sites for hydroxylation is 1. The van der Waals surface area contributed by atoms with Crippen molar-refractivity contribution in [2.45, 2.75) is 20.0 Å². The molecule has 9 heteroatoms. The molecule has 0 N–H and O–H groups in total. The number of hydrogen-bond donors (Lipinski definition) is 0. The van der Waals surface area contributed by atoms with Gasteiger partial charge >= 0.3 is 0 Å². The van der Waals surface area contributed by atoms with E-state index in [0.717, 1.165) is 21.7 Å². The van der Waals surface area contributed by atoms with E-state index in [1.807, 2.05) is 66.9 Å². The minimum absolute atomic E-state index is 0.0291. The van der Waals surface area contributed by atoms with E-state index in [-0.39, 0.29) is 12.5 Å². The molecule has 1 aliphatic heterocycles. The van der Waals surface area contributed by atoms with Gasteiger partial charge in [0.15, 0.2) is 11.5 Å². The van der Waals surface area contributed by atoms with Crippen molar-refractivity contribution in [3.63, 3.8) is 0 Å². The molecule has 5 rings (SSSR count). The summed E-state index contributed by atoms with van der Waals surface area (Å²) < 4.78 is 11.3. The number of carbonyl (C=O) groups excluding carboxylic acids is 1. The van der Waals surface area contributed by atoms with E-state index >= 15 is 0 Å². The second kappa shape index (κ2) is 8.80. The van der Waals surface area contributed by atoms with E-state index in [1.165, 1.54) is 4.80 Å². The number of thiophene rings is 1. The highest BCUT2D eigenvalue weighted by Crippen LogP contribution is 2.34. The Labute approximate surface area is 189 Å². The minimum Gasteiger partial charge on any atom is -0.486 e. The smallest absolute Gasteiger partial charge is 0.250 e. The molecule has 3 heterocycles. The first kappa shape index (κ1) is 20.2. The third-order valence-electron chi connectivity index (χ3n) is 5.07. The van der Waals surface area contributed by atoms with Crippen LogP contribution >= 0.6 is 11.3 Å². The summed E-state index contributed by atoms with van der Waals surface area (Å²) in [7, 11) is 0. The van der Waals surface area contributed by atoms with Gasteiger partial charge < -0.3 is 14.4 Å². The van der Waals surface area contributed by atoms with E-state index in [0.29, 0.717) is 37.1 Å². The number of fused-ring (bicyclic) bond motifs is 1. The second-order valence-corrected chi connectivity index (χ2v) is 8.43. The minimum atomic E-state index is -0.150. The van der Waals surface area contributed by atoms with Gasteiger partial charge in [0.2, 0.25) is 5.82 Å². The van der Waals surface area contributed by atoms with Crippen molar-refractivity contribution >= 4 is 22.9 Å². The maximum atomic E-state index is 13.3. The molecule has 162 valence electrons. The molecular formula is C23H21N5O3S. The van der Waals surface area contributed by atoms with Crippen molar-refractivity contribution < 1.29 is 14.3 Å². The van der Waals surface area contributed by atoms with Gasteiger partial charge in [-0.25, -0.2) is 0 Å². The highest BCUT2D eigenvalue weighted by atomic mass is 32.1. The van der Waals surface area contributed by atoms with E-state index in [1.54, 1.807) is 16.2 Å². The Morgan fingerprint density at radius 1 is 1.09 bits per heavy atom. The molecule has 0 bridgehead atoms. The van der Waals surface area contributed by atoms with Crippen LogP contribution in [-0.2, 0) is 17.9 Å². The Kier molecular flexibility index (Phi) is 5.55. The first-order valence-electron chi connectivity index (χ1n) is 10.2. The highest BCUT2D eigenvalue weighted by Gasteiger charge is 2.22. The SMILES string of the molecule is Cc1ccc(-c2nnn(CC(=O)N(Cc3cccs3)c3ccc4c(c3)OCCO4)n2)cc1. The first-order chi connectivity index (χ1) is 15.7. The molecule has 32 heavy (non-hydrogen) atoms. The molecule has 2 aromatic heterocycles. The average Bonchev–Trinajstić information content (AvgIpc) is 3.50. The van der Waals surface area contributed by atoms with Crippen LogP contribution in [0.1, 0.15) is 10.4 Å². The standard InChI is InChI=1S/C23H21N5O3S/c1-16-4-6-17(7-5-16)23-24-26-28(25-23)15-22(29)27(14-19-3-2-12-32-19)18-8-9-20-21(13-18)31-11-10-30-20/h2-9,12-13H,10-11,14-15H2,1H3. The van der Waals surface area contributed by atoms with Crippen molar-refractivity contribution in [3.8, 4) is 22.9 Å². The van der Waals surface area contributed by atoms with Gasteiger partial charge in [0.25, 0.3) is 5.91 Å². The second-order valence-electron chi connectivity index (χ2n) is 7.40. The Bertz CT molecular complexity index is 1220. The third-order valence-corrected chi connectivity index (χ3v) is 5.93. The molecule has 4 aromatic rings. The number of hydrogen-bond acceptors (Lipinski definition) is 7. The maximum Gasteiger partial charge on any atom is 0.250 e. The first-order valence-corrected chi connectivity index (χ1v) is 11.1. The summed E-state index contributed by atoms with van der Waals surface area (Å²) in [5.41, 5.74) is 2.74. The fourth-order valence-electron chi connectivity index (χ4n) is 3.42. The summed E-state index contributed by atoms with van der Waals surface area (Å²) in [5.74, 6) is 1.66. The van der Waals surface area contributed by atoms with Crippen LogP contribution in [-0.4, -0.2) is 39.3 Å². The lowest BCUT2D eigenvalue weighted by atomic mass is 10.1. The van der Waals surface area contributed by atoms with Crippen LogP contribution < -0.4 is 14.4 Å². The van der Waals surface area contributed by atoms with Gasteiger partial charge in [0.05, 0.1) is 6.54 Å². The van der Waals surface area contributed by atoms with Gasteiger partial charge in [-0.15, -0.1) is 21.5 Å². The van der Waals surface area contributed by atoms with Crippen LogP contribution in [0.3, 0.4) is 0 Å². The van der Waals surface area contributed by atoms with Gasteiger partial charge in [0, 0.05) is 22.2 Å². The number of nitrogens with zero attached hydrogens (tertiary/aromatic N) is 5. The van der Waals surface area contributed by atoms with E-state index in [2.05, 4.69) is 15.4 Å². The predicted molar refractivity (Wildman–Crippen MR) is 121 cm³/mol. The van der Waals surface area contributed by atoms with E-state index < -0.39 is 0 Å². The monoisotopic (exact) mass is 447 g/mol. The molecule has 0 radical (unpaired) electrons. The van der Waals surface area contributed by atoms with Crippen LogP contribution in [0.2, 0.25) is 0 Å². The van der Waals surface area contributed by atoms with Crippen molar-refractivity contribution in [2.75, 3.05) is 18.1 Å². The highest BCUT2D eigenvalue weighted by molar-refractivity contribution is 7.09. The summed E-state index contributed by atoms with van der Waals surface area (Å²) in [6.45, 7) is 3.44. The number of carbonyl (C=O) groups is 1. The van der Waals surface area contributed by atoms with Crippen LogP contribution in [0.5, 0.6) is 11.5 Å². The van der Waals surface area contributed by atoms with Crippen molar-refractivity contribution in [3.05, 3.63) is 70.4 Å². The fraction of sp³-hybridized carbons (Fsp3) is 0.217. The van der Waals surface area contributed by atoms with Crippen LogP contribution in [0, 0.1) is 6.92 Å². The lowest BCUT2D eigenvalue weighted by Gasteiger charge is -2.25. The van der Waals surface area contributed by atoms with Gasteiger partial charge in [-0.2, -0.15) is 4.80 Å². The third kappa shape index (κ3) is 4.33. The van der Waals surface area contributed by atoms with E-state index in [4.69, 9.17) is 9.47 Å². The lowest BCUT2D eigenvalue weighted by Crippen LogP contribution is -2.34. The van der Waals surface area contributed by atoms with Crippen LogP contribution in [0.4, 0.5) is 5.69 Å². The molecule has 0 unspecified atom stereocenters. The van der Waals surface area contributed by atoms with Crippen molar-refractivity contribution in [2.24, 2.45) is 0 Å².